The van der Waals surface area contributed by atoms with Crippen LogP contribution in [0.5, 0.6) is 0 Å². The maximum Gasteiger partial charge on any atom is 0.131 e. The molecule has 0 spiro atoms. The van der Waals surface area contributed by atoms with E-state index < -0.39 is 0 Å². The van der Waals surface area contributed by atoms with E-state index in [1.807, 2.05) is 24.3 Å². The number of fused-ring (bicyclic) bond motifs is 1. The molecule has 1 aromatic heterocycles. The summed E-state index contributed by atoms with van der Waals surface area (Å²) in [5, 5.41) is 1.38. The van der Waals surface area contributed by atoms with E-state index in [0.29, 0.717) is 10.8 Å². The normalized spacial score (nSPS) is 9.62. The first-order valence-electron chi connectivity index (χ1n) is 3.58. The summed E-state index contributed by atoms with van der Waals surface area (Å²) in [6, 6.07) is 9.30. The van der Waals surface area contributed by atoms with Crippen molar-refractivity contribution in [2.24, 2.45) is 0 Å². The van der Waals surface area contributed by atoms with Crippen LogP contribution in [-0.2, 0) is 0 Å². The van der Waals surface area contributed by atoms with Crippen molar-refractivity contribution in [1.29, 1.82) is 0 Å². The van der Waals surface area contributed by atoms with Gasteiger partial charge in [-0.05, 0) is 12.1 Å². The minimum Gasteiger partial charge on any atom is -0.398 e. The van der Waals surface area contributed by atoms with Gasteiger partial charge in [0, 0.05) is 11.1 Å². The van der Waals surface area contributed by atoms with E-state index in [4.69, 9.17) is 17.3 Å². The number of rotatable bonds is 0. The van der Waals surface area contributed by atoms with Crippen LogP contribution in [0, 0.1) is 0 Å². The standard InChI is InChI=1S/C9H7ClN2.ClH/c10-9-5-7(11)6-3-1-2-4-8(6)12-9;/h1-5H,(H2,11,12);1H. The van der Waals surface area contributed by atoms with Crippen LogP contribution >= 0.6 is 24.0 Å². The van der Waals surface area contributed by atoms with Gasteiger partial charge in [0.2, 0.25) is 0 Å². The topological polar surface area (TPSA) is 38.9 Å². The van der Waals surface area contributed by atoms with Gasteiger partial charge in [-0.3, -0.25) is 0 Å². The predicted molar refractivity (Wildman–Crippen MR) is 58.4 cm³/mol. The molecular weight excluding hydrogens is 207 g/mol. The average molecular weight is 215 g/mol. The van der Waals surface area contributed by atoms with Crippen molar-refractivity contribution in [3.63, 3.8) is 0 Å². The molecule has 0 bridgehead atoms. The van der Waals surface area contributed by atoms with Crippen molar-refractivity contribution in [1.82, 2.24) is 4.98 Å². The molecule has 2 rings (SSSR count). The minimum atomic E-state index is 0. The number of aromatic nitrogens is 1. The SMILES string of the molecule is Cl.Nc1cc(Cl)nc2ccccc12. The van der Waals surface area contributed by atoms with E-state index in [-0.39, 0.29) is 12.4 Å². The molecule has 68 valence electrons. The molecule has 0 atom stereocenters. The highest BCUT2D eigenvalue weighted by Crippen LogP contribution is 2.21. The fourth-order valence-electron chi connectivity index (χ4n) is 1.17. The summed E-state index contributed by atoms with van der Waals surface area (Å²) in [4.78, 5) is 4.12. The number of nitrogen functional groups attached to an aromatic ring is 1. The molecule has 0 saturated carbocycles. The Morgan fingerprint density at radius 2 is 1.92 bits per heavy atom. The fourth-order valence-corrected chi connectivity index (χ4v) is 1.38. The summed E-state index contributed by atoms with van der Waals surface area (Å²) in [5.74, 6) is 0. The van der Waals surface area contributed by atoms with E-state index in [1.165, 1.54) is 0 Å². The van der Waals surface area contributed by atoms with Crippen molar-refractivity contribution < 1.29 is 0 Å². The highest BCUT2D eigenvalue weighted by Gasteiger charge is 1.99. The third-order valence-corrected chi connectivity index (χ3v) is 1.91. The number of hydrogen-bond acceptors (Lipinski definition) is 2. The molecule has 4 heteroatoms. The molecule has 2 nitrogen and oxygen atoms in total. The van der Waals surface area contributed by atoms with Gasteiger partial charge in [0.15, 0.2) is 0 Å². The lowest BCUT2D eigenvalue weighted by Gasteiger charge is -2.00. The van der Waals surface area contributed by atoms with Crippen LogP contribution in [0.25, 0.3) is 10.9 Å². The number of nitrogens with two attached hydrogens (primary N) is 1. The Labute approximate surface area is 87.1 Å². The summed E-state index contributed by atoms with van der Waals surface area (Å²) >= 11 is 5.73. The molecule has 0 aliphatic rings. The molecule has 13 heavy (non-hydrogen) atoms. The number of nitrogens with zero attached hydrogens (tertiary/aromatic N) is 1. The molecular formula is C9H8Cl2N2. The second kappa shape index (κ2) is 3.81. The number of para-hydroxylation sites is 1. The minimum absolute atomic E-state index is 0. The zero-order valence-electron chi connectivity index (χ0n) is 6.70. The van der Waals surface area contributed by atoms with Crippen LogP contribution in [0.1, 0.15) is 0 Å². The lowest BCUT2D eigenvalue weighted by molar-refractivity contribution is 1.41. The zero-order chi connectivity index (χ0) is 8.55. The van der Waals surface area contributed by atoms with E-state index >= 15 is 0 Å². The predicted octanol–water partition coefficient (Wildman–Crippen LogP) is 2.89. The van der Waals surface area contributed by atoms with Crippen LogP contribution in [0.15, 0.2) is 30.3 Å². The quantitative estimate of drug-likeness (QED) is 0.686. The summed E-state index contributed by atoms with van der Waals surface area (Å²) in [6.07, 6.45) is 0. The third kappa shape index (κ3) is 1.85. The van der Waals surface area contributed by atoms with Crippen LogP contribution in [-0.4, -0.2) is 4.98 Å². The average Bonchev–Trinajstić information content (AvgIpc) is 2.04. The molecule has 0 saturated heterocycles. The molecule has 0 aliphatic carbocycles. The van der Waals surface area contributed by atoms with Crippen molar-refractivity contribution in [3.05, 3.63) is 35.5 Å². The summed E-state index contributed by atoms with van der Waals surface area (Å²) in [6.45, 7) is 0. The van der Waals surface area contributed by atoms with E-state index in [2.05, 4.69) is 4.98 Å². The van der Waals surface area contributed by atoms with Gasteiger partial charge in [-0.2, -0.15) is 0 Å². The molecule has 2 aromatic rings. The number of halogens is 2. The molecule has 1 aromatic carbocycles. The number of pyridine rings is 1. The Balaban J connectivity index is 0.000000845. The molecule has 0 unspecified atom stereocenters. The van der Waals surface area contributed by atoms with Gasteiger partial charge < -0.3 is 5.73 Å². The summed E-state index contributed by atoms with van der Waals surface area (Å²) < 4.78 is 0. The van der Waals surface area contributed by atoms with E-state index in [0.717, 1.165) is 10.9 Å². The van der Waals surface area contributed by atoms with Gasteiger partial charge in [0.05, 0.1) is 5.52 Å². The van der Waals surface area contributed by atoms with Gasteiger partial charge in [-0.1, -0.05) is 29.8 Å². The zero-order valence-corrected chi connectivity index (χ0v) is 8.27. The second-order valence-electron chi connectivity index (χ2n) is 2.55. The highest BCUT2D eigenvalue weighted by molar-refractivity contribution is 6.30. The number of anilines is 1. The maximum absolute atomic E-state index is 5.73. The molecule has 0 fully saturated rings. The molecule has 0 radical (unpaired) electrons. The van der Waals surface area contributed by atoms with Crippen LogP contribution in [0.4, 0.5) is 5.69 Å². The fraction of sp³-hybridized carbons (Fsp3) is 0. The number of benzene rings is 1. The summed E-state index contributed by atoms with van der Waals surface area (Å²) in [7, 11) is 0. The molecule has 1 heterocycles. The van der Waals surface area contributed by atoms with Gasteiger partial charge in [0.1, 0.15) is 5.15 Å². The first-order valence-corrected chi connectivity index (χ1v) is 3.96. The first-order chi connectivity index (χ1) is 5.77. The van der Waals surface area contributed by atoms with Gasteiger partial charge in [0.25, 0.3) is 0 Å². The van der Waals surface area contributed by atoms with Crippen LogP contribution in [0.2, 0.25) is 5.15 Å². The third-order valence-electron chi connectivity index (χ3n) is 1.72. The van der Waals surface area contributed by atoms with Crippen LogP contribution < -0.4 is 5.73 Å². The Morgan fingerprint density at radius 3 is 2.69 bits per heavy atom. The molecule has 0 amide bonds. The Bertz CT molecular complexity index is 429. The molecule has 0 aliphatic heterocycles. The molecule has 2 N–H and O–H groups in total. The van der Waals surface area contributed by atoms with E-state index in [9.17, 15) is 0 Å². The van der Waals surface area contributed by atoms with Crippen molar-refractivity contribution in [2.45, 2.75) is 0 Å². The van der Waals surface area contributed by atoms with Crippen molar-refractivity contribution in [3.8, 4) is 0 Å². The number of hydrogen-bond donors (Lipinski definition) is 1. The maximum atomic E-state index is 5.73. The smallest absolute Gasteiger partial charge is 0.131 e. The van der Waals surface area contributed by atoms with Crippen LogP contribution in [0.3, 0.4) is 0 Å². The Kier molecular flexibility index (Phi) is 2.96. The lowest BCUT2D eigenvalue weighted by atomic mass is 10.2. The lowest BCUT2D eigenvalue weighted by Crippen LogP contribution is -1.89. The summed E-state index contributed by atoms with van der Waals surface area (Å²) in [5.41, 5.74) is 7.24. The first kappa shape index (κ1) is 10.1. The second-order valence-corrected chi connectivity index (χ2v) is 2.94. The monoisotopic (exact) mass is 214 g/mol. The Morgan fingerprint density at radius 1 is 1.23 bits per heavy atom. The Hall–Kier alpha value is -0.990. The van der Waals surface area contributed by atoms with Crippen molar-refractivity contribution >= 4 is 40.6 Å². The highest BCUT2D eigenvalue weighted by atomic mass is 35.5. The van der Waals surface area contributed by atoms with Gasteiger partial charge in [-0.25, -0.2) is 4.98 Å². The van der Waals surface area contributed by atoms with E-state index in [1.54, 1.807) is 6.07 Å². The van der Waals surface area contributed by atoms with Gasteiger partial charge >= 0.3 is 0 Å². The largest absolute Gasteiger partial charge is 0.398 e. The van der Waals surface area contributed by atoms with Gasteiger partial charge in [-0.15, -0.1) is 12.4 Å². The van der Waals surface area contributed by atoms with Crippen molar-refractivity contribution in [2.75, 3.05) is 5.73 Å².